The van der Waals surface area contributed by atoms with Gasteiger partial charge in [-0.2, -0.15) is 0 Å². The van der Waals surface area contributed by atoms with Gasteiger partial charge in [0.15, 0.2) is 0 Å². The van der Waals surface area contributed by atoms with E-state index < -0.39 is 17.7 Å². The van der Waals surface area contributed by atoms with E-state index in [1.807, 2.05) is 47.8 Å². The van der Waals surface area contributed by atoms with Crippen molar-refractivity contribution in [2.24, 2.45) is 0 Å². The molecule has 1 amide bonds. The molecule has 3 aromatic rings. The number of carbonyl (C=O) groups is 2. The lowest BCUT2D eigenvalue weighted by Gasteiger charge is -2.25. The molecule has 1 aromatic heterocycles. The summed E-state index contributed by atoms with van der Waals surface area (Å²) >= 11 is 1.52. The molecule has 1 saturated heterocycles. The molecule has 0 aliphatic carbocycles. The number of hydrogen-bond donors (Lipinski definition) is 1. The average molecular weight is 405 g/mol. The molecule has 1 atom stereocenters. The molecular weight excluding hydrogens is 386 g/mol. The first-order valence-corrected chi connectivity index (χ1v) is 9.99. The van der Waals surface area contributed by atoms with Gasteiger partial charge in [-0.05, 0) is 29.1 Å². The van der Waals surface area contributed by atoms with Gasteiger partial charge in [-0.25, -0.2) is 0 Å². The van der Waals surface area contributed by atoms with E-state index in [1.54, 1.807) is 24.3 Å². The van der Waals surface area contributed by atoms with Crippen LogP contribution in [0, 0.1) is 0 Å². The standard InChI is InChI=1S/C23H19NO4S/c1-28-18-12-6-5-11-17(18)21(25)19-20(15-8-3-2-4-9-15)24(23(27)22(19)26)14-16-10-7-13-29-16/h2-13,20,25H,14H2,1H3/b21-19-. The third-order valence-corrected chi connectivity index (χ3v) is 5.78. The largest absolute Gasteiger partial charge is 0.507 e. The van der Waals surface area contributed by atoms with Crippen LogP contribution in [-0.2, 0) is 16.1 Å². The molecule has 1 aliphatic heterocycles. The summed E-state index contributed by atoms with van der Waals surface area (Å²) in [5, 5.41) is 13.0. The predicted molar refractivity (Wildman–Crippen MR) is 112 cm³/mol. The molecule has 0 radical (unpaired) electrons. The fourth-order valence-electron chi connectivity index (χ4n) is 3.58. The molecule has 1 N–H and O–H groups in total. The Morgan fingerprint density at radius 3 is 2.45 bits per heavy atom. The second-order valence-electron chi connectivity index (χ2n) is 6.62. The van der Waals surface area contributed by atoms with Gasteiger partial charge in [0, 0.05) is 4.88 Å². The molecule has 4 rings (SSSR count). The Morgan fingerprint density at radius 1 is 1.03 bits per heavy atom. The normalized spacial score (nSPS) is 18.2. The number of thiophene rings is 1. The molecule has 146 valence electrons. The van der Waals surface area contributed by atoms with E-state index in [9.17, 15) is 14.7 Å². The number of ketones is 1. The highest BCUT2D eigenvalue weighted by Crippen LogP contribution is 2.41. The number of likely N-dealkylation sites (tertiary alicyclic amines) is 1. The molecule has 0 saturated carbocycles. The van der Waals surface area contributed by atoms with Crippen LogP contribution in [0.25, 0.3) is 5.76 Å². The van der Waals surface area contributed by atoms with Crippen LogP contribution in [0.1, 0.15) is 22.0 Å². The summed E-state index contributed by atoms with van der Waals surface area (Å²) < 4.78 is 5.34. The molecular formula is C23H19NO4S. The van der Waals surface area contributed by atoms with Crippen molar-refractivity contribution in [1.82, 2.24) is 4.90 Å². The molecule has 1 aliphatic rings. The topological polar surface area (TPSA) is 66.8 Å². The van der Waals surface area contributed by atoms with E-state index in [0.29, 0.717) is 17.9 Å². The minimum atomic E-state index is -0.696. The number of para-hydroxylation sites is 1. The molecule has 6 heteroatoms. The molecule has 0 spiro atoms. The SMILES string of the molecule is COc1ccccc1/C(O)=C1/C(=O)C(=O)N(Cc2cccs2)C1c1ccccc1. The summed E-state index contributed by atoms with van der Waals surface area (Å²) in [5.74, 6) is -1.12. The van der Waals surface area contributed by atoms with Crippen LogP contribution >= 0.6 is 11.3 Å². The zero-order valence-electron chi connectivity index (χ0n) is 15.7. The molecule has 1 fully saturated rings. The maximum atomic E-state index is 13.0. The quantitative estimate of drug-likeness (QED) is 0.389. The lowest BCUT2D eigenvalue weighted by molar-refractivity contribution is -0.140. The van der Waals surface area contributed by atoms with Crippen molar-refractivity contribution in [1.29, 1.82) is 0 Å². The average Bonchev–Trinajstić information content (AvgIpc) is 3.36. The minimum Gasteiger partial charge on any atom is -0.507 e. The zero-order chi connectivity index (χ0) is 20.4. The van der Waals surface area contributed by atoms with Gasteiger partial charge < -0.3 is 14.7 Å². The highest BCUT2D eigenvalue weighted by molar-refractivity contribution is 7.09. The minimum absolute atomic E-state index is 0.0715. The van der Waals surface area contributed by atoms with Crippen molar-refractivity contribution in [3.8, 4) is 5.75 Å². The molecule has 0 bridgehead atoms. The van der Waals surface area contributed by atoms with Crippen molar-refractivity contribution < 1.29 is 19.4 Å². The first-order chi connectivity index (χ1) is 14.1. The Hall–Kier alpha value is -3.38. The van der Waals surface area contributed by atoms with Crippen molar-refractivity contribution in [2.75, 3.05) is 7.11 Å². The predicted octanol–water partition coefficient (Wildman–Crippen LogP) is 4.38. The second kappa shape index (κ2) is 7.93. The number of ether oxygens (including phenoxy) is 1. The van der Waals surface area contributed by atoms with Crippen LogP contribution in [0.3, 0.4) is 0 Å². The van der Waals surface area contributed by atoms with Crippen molar-refractivity contribution in [3.63, 3.8) is 0 Å². The van der Waals surface area contributed by atoms with E-state index in [2.05, 4.69) is 0 Å². The van der Waals surface area contributed by atoms with Crippen LogP contribution < -0.4 is 4.74 Å². The fraction of sp³-hybridized carbons (Fsp3) is 0.130. The number of carbonyl (C=O) groups excluding carboxylic acids is 2. The summed E-state index contributed by atoms with van der Waals surface area (Å²) in [5.41, 5.74) is 1.21. The fourth-order valence-corrected chi connectivity index (χ4v) is 4.28. The van der Waals surface area contributed by atoms with Gasteiger partial charge in [0.1, 0.15) is 11.5 Å². The van der Waals surface area contributed by atoms with Gasteiger partial charge in [-0.1, -0.05) is 48.5 Å². The number of amides is 1. The second-order valence-corrected chi connectivity index (χ2v) is 7.65. The Bertz CT molecular complexity index is 1070. The first kappa shape index (κ1) is 19.0. The van der Waals surface area contributed by atoms with Crippen LogP contribution in [-0.4, -0.2) is 28.8 Å². The number of methoxy groups -OCH3 is 1. The van der Waals surface area contributed by atoms with Gasteiger partial charge >= 0.3 is 0 Å². The summed E-state index contributed by atoms with van der Waals surface area (Å²) in [6.07, 6.45) is 0. The van der Waals surface area contributed by atoms with Gasteiger partial charge in [0.2, 0.25) is 0 Å². The van der Waals surface area contributed by atoms with Gasteiger partial charge in [-0.15, -0.1) is 11.3 Å². The van der Waals surface area contributed by atoms with Gasteiger partial charge in [0.25, 0.3) is 11.7 Å². The van der Waals surface area contributed by atoms with Crippen LogP contribution in [0.5, 0.6) is 5.75 Å². The number of aliphatic hydroxyl groups is 1. The molecule has 29 heavy (non-hydrogen) atoms. The summed E-state index contributed by atoms with van der Waals surface area (Å²) in [4.78, 5) is 28.4. The van der Waals surface area contributed by atoms with Crippen LogP contribution in [0.2, 0.25) is 0 Å². The molecule has 2 aromatic carbocycles. The Balaban J connectivity index is 1.89. The first-order valence-electron chi connectivity index (χ1n) is 9.11. The summed E-state index contributed by atoms with van der Waals surface area (Å²) in [7, 11) is 1.50. The Morgan fingerprint density at radius 2 is 1.76 bits per heavy atom. The molecule has 2 heterocycles. The third-order valence-electron chi connectivity index (χ3n) is 4.92. The number of rotatable bonds is 5. The third kappa shape index (κ3) is 3.43. The van der Waals surface area contributed by atoms with Crippen LogP contribution in [0.4, 0.5) is 0 Å². The van der Waals surface area contributed by atoms with Crippen LogP contribution in [0.15, 0.2) is 77.7 Å². The zero-order valence-corrected chi connectivity index (χ0v) is 16.6. The maximum Gasteiger partial charge on any atom is 0.295 e. The molecule has 5 nitrogen and oxygen atoms in total. The highest BCUT2D eigenvalue weighted by Gasteiger charge is 2.46. The number of nitrogens with zero attached hydrogens (tertiary/aromatic N) is 1. The number of benzene rings is 2. The number of hydrogen-bond acceptors (Lipinski definition) is 5. The lowest BCUT2D eigenvalue weighted by Crippen LogP contribution is -2.28. The van der Waals surface area contributed by atoms with E-state index >= 15 is 0 Å². The smallest absolute Gasteiger partial charge is 0.295 e. The molecule has 1 unspecified atom stereocenters. The summed E-state index contributed by atoms with van der Waals surface area (Å²) in [6.45, 7) is 0.296. The number of Topliss-reactive ketones (excluding diaryl/α,β-unsaturated/α-hetero) is 1. The number of aliphatic hydroxyl groups excluding tert-OH is 1. The Labute approximate surface area is 172 Å². The Kier molecular flexibility index (Phi) is 5.18. The van der Waals surface area contributed by atoms with E-state index in [-0.39, 0.29) is 11.3 Å². The van der Waals surface area contributed by atoms with E-state index in [0.717, 1.165) is 10.4 Å². The van der Waals surface area contributed by atoms with Gasteiger partial charge in [-0.3, -0.25) is 9.59 Å². The van der Waals surface area contributed by atoms with E-state index in [1.165, 1.54) is 23.3 Å². The summed E-state index contributed by atoms with van der Waals surface area (Å²) in [6, 6.07) is 19.3. The van der Waals surface area contributed by atoms with Crippen molar-refractivity contribution in [2.45, 2.75) is 12.6 Å². The van der Waals surface area contributed by atoms with Gasteiger partial charge in [0.05, 0.1) is 30.8 Å². The van der Waals surface area contributed by atoms with Crippen molar-refractivity contribution in [3.05, 3.63) is 93.7 Å². The van der Waals surface area contributed by atoms with Crippen molar-refractivity contribution >= 4 is 28.8 Å². The maximum absolute atomic E-state index is 13.0. The lowest BCUT2D eigenvalue weighted by atomic mass is 9.95. The monoisotopic (exact) mass is 405 g/mol. The highest BCUT2D eigenvalue weighted by atomic mass is 32.1. The van der Waals surface area contributed by atoms with E-state index in [4.69, 9.17) is 4.74 Å².